The molecule has 0 spiro atoms. The van der Waals surface area contributed by atoms with Gasteiger partial charge in [-0.2, -0.15) is 0 Å². The lowest BCUT2D eigenvalue weighted by atomic mass is 10.0. The van der Waals surface area contributed by atoms with E-state index in [1.54, 1.807) is 31.6 Å². The molecule has 5 nitrogen and oxygen atoms in total. The molecule has 0 saturated carbocycles. The molecule has 1 aliphatic carbocycles. The molecule has 0 fully saturated rings. The van der Waals surface area contributed by atoms with Crippen molar-refractivity contribution in [1.82, 2.24) is 15.2 Å². The number of thiophene rings is 1. The van der Waals surface area contributed by atoms with Crippen molar-refractivity contribution in [2.75, 3.05) is 19.4 Å². The Kier molecular flexibility index (Phi) is 7.48. The molecular weight excluding hydrogens is 440 g/mol. The number of carbonyl (C=O) groups is 1. The molecule has 0 bridgehead atoms. The number of hydrogen-bond acceptors (Lipinski definition) is 4. The Labute approximate surface area is 205 Å². The fourth-order valence-electron chi connectivity index (χ4n) is 4.01. The highest BCUT2D eigenvalue weighted by Crippen LogP contribution is 2.39. The summed E-state index contributed by atoms with van der Waals surface area (Å²) in [5, 5.41) is 8.84. The number of nitrogens with zero attached hydrogens (tertiary/aromatic N) is 2. The summed E-state index contributed by atoms with van der Waals surface area (Å²) >= 11 is 1.77. The number of amides is 2. The number of allylic oxidation sites excluding steroid dienone is 6. The van der Waals surface area contributed by atoms with Crippen molar-refractivity contribution in [2.24, 2.45) is 0 Å². The van der Waals surface area contributed by atoms with Crippen LogP contribution in [0, 0.1) is 0 Å². The Morgan fingerprint density at radius 2 is 1.97 bits per heavy atom. The van der Waals surface area contributed by atoms with Gasteiger partial charge in [-0.3, -0.25) is 0 Å². The molecule has 1 aromatic carbocycles. The third kappa shape index (κ3) is 5.39. The van der Waals surface area contributed by atoms with E-state index < -0.39 is 0 Å². The molecular formula is C28H32N4OS. The molecule has 3 aromatic rings. The first-order valence-electron chi connectivity index (χ1n) is 11.8. The van der Waals surface area contributed by atoms with Crippen molar-refractivity contribution in [3.8, 4) is 0 Å². The predicted molar refractivity (Wildman–Crippen MR) is 145 cm³/mol. The van der Waals surface area contributed by atoms with Crippen molar-refractivity contribution in [3.63, 3.8) is 0 Å². The van der Waals surface area contributed by atoms with Crippen LogP contribution in [0.25, 0.3) is 15.7 Å². The van der Waals surface area contributed by atoms with Gasteiger partial charge in [0.2, 0.25) is 0 Å². The molecule has 0 aliphatic heterocycles. The summed E-state index contributed by atoms with van der Waals surface area (Å²) in [6.45, 7) is 4.86. The molecule has 0 saturated heterocycles. The monoisotopic (exact) mass is 472 g/mol. The maximum Gasteiger partial charge on any atom is 0.317 e. The van der Waals surface area contributed by atoms with Crippen LogP contribution in [0.15, 0.2) is 66.4 Å². The van der Waals surface area contributed by atoms with Gasteiger partial charge in [0.15, 0.2) is 0 Å². The average molecular weight is 473 g/mol. The number of fused-ring (bicyclic) bond motifs is 1. The average Bonchev–Trinajstić information content (AvgIpc) is 3.01. The molecule has 2 N–H and O–H groups in total. The predicted octanol–water partition coefficient (Wildman–Crippen LogP) is 7.05. The number of rotatable bonds is 7. The topological polar surface area (TPSA) is 57.3 Å². The lowest BCUT2D eigenvalue weighted by molar-refractivity contribution is 0.217. The Bertz CT molecular complexity index is 1280. The molecule has 176 valence electrons. The van der Waals surface area contributed by atoms with Gasteiger partial charge in [-0.05, 0) is 65.1 Å². The standard InChI is InChI=1S/C28H32N4OS/c1-5-19-8-7-9-21(11-10-19)22-12-13-24-23(6-2)27(34-25(24)17-22)31-26-16-20(14-15-29-26)18-30-28(33)32(3)4/h7,9-17H,5-6,8,18H2,1-4H3,(H,29,31)(H,30,33). The summed E-state index contributed by atoms with van der Waals surface area (Å²) < 4.78 is 1.27. The van der Waals surface area contributed by atoms with E-state index in [1.807, 2.05) is 12.1 Å². The fraction of sp³-hybridized carbons (Fsp3) is 0.286. The molecule has 6 heteroatoms. The van der Waals surface area contributed by atoms with E-state index in [9.17, 15) is 4.79 Å². The number of anilines is 2. The maximum atomic E-state index is 11.8. The smallest absolute Gasteiger partial charge is 0.317 e. The van der Waals surface area contributed by atoms with Gasteiger partial charge in [0.1, 0.15) is 5.82 Å². The van der Waals surface area contributed by atoms with Gasteiger partial charge in [-0.15, -0.1) is 11.3 Å². The van der Waals surface area contributed by atoms with Crippen LogP contribution in [0.2, 0.25) is 0 Å². The van der Waals surface area contributed by atoms with E-state index in [2.05, 4.69) is 72.0 Å². The minimum atomic E-state index is -0.111. The molecule has 0 unspecified atom stereocenters. The minimum absolute atomic E-state index is 0.111. The zero-order valence-corrected chi connectivity index (χ0v) is 21.1. The first-order valence-corrected chi connectivity index (χ1v) is 12.6. The number of benzene rings is 1. The van der Waals surface area contributed by atoms with E-state index in [0.717, 1.165) is 35.6 Å². The maximum absolute atomic E-state index is 11.8. The minimum Gasteiger partial charge on any atom is -0.334 e. The van der Waals surface area contributed by atoms with Gasteiger partial charge in [0, 0.05) is 31.5 Å². The van der Waals surface area contributed by atoms with Gasteiger partial charge >= 0.3 is 6.03 Å². The molecule has 0 radical (unpaired) electrons. The first-order chi connectivity index (χ1) is 16.5. The molecule has 0 atom stereocenters. The number of aromatic nitrogens is 1. The number of urea groups is 1. The summed E-state index contributed by atoms with van der Waals surface area (Å²) in [5.41, 5.74) is 6.25. The largest absolute Gasteiger partial charge is 0.334 e. The zero-order valence-electron chi connectivity index (χ0n) is 20.3. The molecule has 4 rings (SSSR count). The molecule has 2 amide bonds. The van der Waals surface area contributed by atoms with Crippen molar-refractivity contribution < 1.29 is 4.79 Å². The van der Waals surface area contributed by atoms with E-state index >= 15 is 0 Å². The third-order valence-electron chi connectivity index (χ3n) is 6.03. The van der Waals surface area contributed by atoms with Crippen LogP contribution < -0.4 is 10.6 Å². The van der Waals surface area contributed by atoms with Crippen LogP contribution in [-0.4, -0.2) is 30.0 Å². The third-order valence-corrected chi connectivity index (χ3v) is 7.14. The van der Waals surface area contributed by atoms with Crippen LogP contribution in [-0.2, 0) is 13.0 Å². The van der Waals surface area contributed by atoms with Crippen molar-refractivity contribution in [2.45, 2.75) is 39.7 Å². The molecule has 34 heavy (non-hydrogen) atoms. The Hall–Kier alpha value is -3.38. The summed E-state index contributed by atoms with van der Waals surface area (Å²) in [5.74, 6) is 0.782. The Balaban J connectivity index is 1.59. The van der Waals surface area contributed by atoms with E-state index in [-0.39, 0.29) is 6.03 Å². The second kappa shape index (κ2) is 10.7. The van der Waals surface area contributed by atoms with Gasteiger partial charge in [-0.25, -0.2) is 9.78 Å². The lowest BCUT2D eigenvalue weighted by Gasteiger charge is -2.12. The number of hydrogen-bond donors (Lipinski definition) is 2. The van der Waals surface area contributed by atoms with Gasteiger partial charge in [0.25, 0.3) is 0 Å². The second-order valence-electron chi connectivity index (χ2n) is 8.61. The quantitative estimate of drug-likeness (QED) is 0.387. The number of aryl methyl sites for hydroxylation is 1. The summed E-state index contributed by atoms with van der Waals surface area (Å²) in [6.07, 6.45) is 13.8. The molecule has 1 aliphatic rings. The van der Waals surface area contributed by atoms with Crippen LogP contribution in [0.1, 0.15) is 43.4 Å². The van der Waals surface area contributed by atoms with Crippen molar-refractivity contribution in [1.29, 1.82) is 0 Å². The molecule has 2 aromatic heterocycles. The highest BCUT2D eigenvalue weighted by atomic mass is 32.1. The summed E-state index contributed by atoms with van der Waals surface area (Å²) in [7, 11) is 3.46. The zero-order chi connectivity index (χ0) is 24.1. The van der Waals surface area contributed by atoms with E-state index in [4.69, 9.17) is 0 Å². The van der Waals surface area contributed by atoms with E-state index in [1.165, 1.54) is 37.3 Å². The first kappa shape index (κ1) is 23.8. The second-order valence-corrected chi connectivity index (χ2v) is 9.66. The lowest BCUT2D eigenvalue weighted by Crippen LogP contribution is -2.33. The van der Waals surface area contributed by atoms with E-state index in [0.29, 0.717) is 6.54 Å². The highest BCUT2D eigenvalue weighted by molar-refractivity contribution is 7.23. The summed E-state index contributed by atoms with van der Waals surface area (Å²) in [4.78, 5) is 17.9. The van der Waals surface area contributed by atoms with Crippen molar-refractivity contribution >= 4 is 43.8 Å². The van der Waals surface area contributed by atoms with Gasteiger partial charge in [-0.1, -0.05) is 55.9 Å². The van der Waals surface area contributed by atoms with Crippen LogP contribution >= 0.6 is 11.3 Å². The van der Waals surface area contributed by atoms with Crippen LogP contribution in [0.3, 0.4) is 0 Å². The SMILES string of the molecule is CCC1=CC=C(c2ccc3c(CC)c(Nc4cc(CNC(=O)N(C)C)ccn4)sc3c2)C=CC1. The van der Waals surface area contributed by atoms with Gasteiger partial charge < -0.3 is 15.5 Å². The van der Waals surface area contributed by atoms with Crippen LogP contribution in [0.5, 0.6) is 0 Å². The van der Waals surface area contributed by atoms with Crippen molar-refractivity contribution in [3.05, 3.63) is 83.1 Å². The number of nitrogens with one attached hydrogen (secondary N) is 2. The van der Waals surface area contributed by atoms with Crippen LogP contribution in [0.4, 0.5) is 15.6 Å². The molecule has 2 heterocycles. The number of carbonyl (C=O) groups excluding carboxylic acids is 1. The number of pyridine rings is 1. The highest BCUT2D eigenvalue weighted by Gasteiger charge is 2.13. The van der Waals surface area contributed by atoms with Gasteiger partial charge in [0.05, 0.1) is 5.00 Å². The Morgan fingerprint density at radius 1 is 1.12 bits per heavy atom. The normalized spacial score (nSPS) is 13.3. The fourth-order valence-corrected chi connectivity index (χ4v) is 5.25. The summed E-state index contributed by atoms with van der Waals surface area (Å²) in [6, 6.07) is 10.6. The Morgan fingerprint density at radius 3 is 2.74 bits per heavy atom.